The molecule has 0 aromatic carbocycles. The normalized spacial score (nSPS) is 10.6. The second-order valence-electron chi connectivity index (χ2n) is 4.85. The Morgan fingerprint density at radius 1 is 1.10 bits per heavy atom. The van der Waals surface area contributed by atoms with E-state index in [4.69, 9.17) is 0 Å². The maximum atomic E-state index is 4.62. The first-order chi connectivity index (χ1) is 9.75. The van der Waals surface area contributed by atoms with E-state index in [9.17, 15) is 0 Å². The molecule has 106 valence electrons. The molecule has 0 aliphatic carbocycles. The van der Waals surface area contributed by atoms with Crippen molar-refractivity contribution < 1.29 is 0 Å². The lowest BCUT2D eigenvalue weighted by Crippen LogP contribution is -2.05. The molecular weight excluding hydrogens is 248 g/mol. The summed E-state index contributed by atoms with van der Waals surface area (Å²) in [4.78, 5) is 13.6. The van der Waals surface area contributed by atoms with Crippen molar-refractivity contribution in [3.05, 3.63) is 47.2 Å². The van der Waals surface area contributed by atoms with Gasteiger partial charge in [-0.1, -0.05) is 19.9 Å². The second-order valence-corrected chi connectivity index (χ2v) is 4.85. The molecule has 0 spiro atoms. The minimum atomic E-state index is 0.748. The van der Waals surface area contributed by atoms with Crippen molar-refractivity contribution >= 4 is 5.82 Å². The zero-order chi connectivity index (χ0) is 14.4. The summed E-state index contributed by atoms with van der Waals surface area (Å²) in [5, 5.41) is 3.10. The SMILES string of the molecule is CCCc1nc(Cc2ccc(CC)cn2)cc(NC)n1. The molecule has 2 aromatic heterocycles. The summed E-state index contributed by atoms with van der Waals surface area (Å²) in [7, 11) is 1.89. The smallest absolute Gasteiger partial charge is 0.131 e. The highest BCUT2D eigenvalue weighted by Crippen LogP contribution is 2.12. The van der Waals surface area contributed by atoms with Crippen LogP contribution >= 0.6 is 0 Å². The molecule has 0 saturated heterocycles. The fraction of sp³-hybridized carbons (Fsp3) is 0.438. The number of rotatable bonds is 6. The molecule has 1 N–H and O–H groups in total. The number of pyridine rings is 1. The van der Waals surface area contributed by atoms with Gasteiger partial charge in [0.1, 0.15) is 11.6 Å². The van der Waals surface area contributed by atoms with Crippen LogP contribution in [-0.4, -0.2) is 22.0 Å². The molecule has 0 unspecified atom stereocenters. The highest BCUT2D eigenvalue weighted by atomic mass is 15.0. The summed E-state index contributed by atoms with van der Waals surface area (Å²) < 4.78 is 0. The Morgan fingerprint density at radius 2 is 1.95 bits per heavy atom. The van der Waals surface area contributed by atoms with Crippen molar-refractivity contribution in [1.29, 1.82) is 0 Å². The van der Waals surface area contributed by atoms with Crippen LogP contribution in [0.25, 0.3) is 0 Å². The Morgan fingerprint density at radius 3 is 2.55 bits per heavy atom. The molecule has 0 amide bonds. The van der Waals surface area contributed by atoms with Crippen LogP contribution in [0.5, 0.6) is 0 Å². The largest absolute Gasteiger partial charge is 0.373 e. The standard InChI is InChI=1S/C16H22N4/c1-4-6-15-19-14(10-16(17-3)20-15)9-13-8-7-12(5-2)11-18-13/h7-8,10-11H,4-6,9H2,1-3H3,(H,17,19,20). The van der Waals surface area contributed by atoms with Crippen LogP contribution in [0.4, 0.5) is 5.82 Å². The Balaban J connectivity index is 2.20. The Kier molecular flexibility index (Phi) is 5.04. The van der Waals surface area contributed by atoms with Gasteiger partial charge in [0.15, 0.2) is 0 Å². The lowest BCUT2D eigenvalue weighted by molar-refractivity contribution is 0.816. The van der Waals surface area contributed by atoms with Crippen molar-refractivity contribution in [1.82, 2.24) is 15.0 Å². The molecule has 0 aliphatic heterocycles. The van der Waals surface area contributed by atoms with Crippen molar-refractivity contribution in [3.63, 3.8) is 0 Å². The first kappa shape index (κ1) is 14.4. The number of aryl methyl sites for hydroxylation is 2. The summed E-state index contributed by atoms with van der Waals surface area (Å²) in [6.07, 6.45) is 5.67. The molecule has 0 radical (unpaired) electrons. The van der Waals surface area contributed by atoms with Gasteiger partial charge in [-0.2, -0.15) is 0 Å². The van der Waals surface area contributed by atoms with E-state index in [-0.39, 0.29) is 0 Å². The third-order valence-corrected chi connectivity index (χ3v) is 3.21. The molecular formula is C16H22N4. The quantitative estimate of drug-likeness (QED) is 0.876. The predicted octanol–water partition coefficient (Wildman–Crippen LogP) is 3.02. The van der Waals surface area contributed by atoms with Gasteiger partial charge in [0.25, 0.3) is 0 Å². The van der Waals surface area contributed by atoms with Gasteiger partial charge in [-0.05, 0) is 24.5 Å². The summed E-state index contributed by atoms with van der Waals surface area (Å²) in [6, 6.07) is 6.21. The van der Waals surface area contributed by atoms with Crippen LogP contribution in [0, 0.1) is 0 Å². The third-order valence-electron chi connectivity index (χ3n) is 3.21. The molecule has 0 fully saturated rings. The van der Waals surface area contributed by atoms with E-state index in [1.54, 1.807) is 0 Å². The molecule has 20 heavy (non-hydrogen) atoms. The zero-order valence-electron chi connectivity index (χ0n) is 12.5. The average molecular weight is 270 g/mol. The summed E-state index contributed by atoms with van der Waals surface area (Å²) in [5.74, 6) is 1.78. The number of nitrogens with one attached hydrogen (secondary N) is 1. The molecule has 2 rings (SSSR count). The topological polar surface area (TPSA) is 50.7 Å². The van der Waals surface area contributed by atoms with Gasteiger partial charge in [0.2, 0.25) is 0 Å². The maximum Gasteiger partial charge on any atom is 0.131 e. The van der Waals surface area contributed by atoms with E-state index in [1.165, 1.54) is 5.56 Å². The lowest BCUT2D eigenvalue weighted by Gasteiger charge is -2.07. The number of hydrogen-bond donors (Lipinski definition) is 1. The fourth-order valence-electron chi connectivity index (χ4n) is 2.06. The average Bonchev–Trinajstić information content (AvgIpc) is 2.48. The van der Waals surface area contributed by atoms with E-state index in [1.807, 2.05) is 19.3 Å². The molecule has 0 aliphatic rings. The molecule has 2 heterocycles. The van der Waals surface area contributed by atoms with Crippen molar-refractivity contribution in [3.8, 4) is 0 Å². The lowest BCUT2D eigenvalue weighted by atomic mass is 10.1. The van der Waals surface area contributed by atoms with Crippen LogP contribution in [-0.2, 0) is 19.3 Å². The monoisotopic (exact) mass is 270 g/mol. The summed E-state index contributed by atoms with van der Waals surface area (Å²) in [6.45, 7) is 4.28. The second kappa shape index (κ2) is 6.98. The van der Waals surface area contributed by atoms with Crippen LogP contribution in [0.3, 0.4) is 0 Å². The number of anilines is 1. The summed E-state index contributed by atoms with van der Waals surface area (Å²) in [5.41, 5.74) is 3.33. The zero-order valence-corrected chi connectivity index (χ0v) is 12.5. The Hall–Kier alpha value is -1.97. The highest BCUT2D eigenvalue weighted by molar-refractivity contribution is 5.36. The first-order valence-electron chi connectivity index (χ1n) is 7.23. The molecule has 4 nitrogen and oxygen atoms in total. The summed E-state index contributed by atoms with van der Waals surface area (Å²) >= 11 is 0. The van der Waals surface area contributed by atoms with Crippen LogP contribution in [0.2, 0.25) is 0 Å². The van der Waals surface area contributed by atoms with Gasteiger partial charge in [0.05, 0.1) is 5.69 Å². The van der Waals surface area contributed by atoms with E-state index in [0.29, 0.717) is 0 Å². The highest BCUT2D eigenvalue weighted by Gasteiger charge is 2.05. The first-order valence-corrected chi connectivity index (χ1v) is 7.23. The van der Waals surface area contributed by atoms with Crippen LogP contribution < -0.4 is 5.32 Å². The van der Waals surface area contributed by atoms with E-state index >= 15 is 0 Å². The van der Waals surface area contributed by atoms with Gasteiger partial charge < -0.3 is 5.32 Å². The van der Waals surface area contributed by atoms with Gasteiger partial charge >= 0.3 is 0 Å². The van der Waals surface area contributed by atoms with Gasteiger partial charge in [-0.3, -0.25) is 4.98 Å². The van der Waals surface area contributed by atoms with Crippen LogP contribution in [0.15, 0.2) is 24.4 Å². The molecule has 2 aromatic rings. The van der Waals surface area contributed by atoms with E-state index < -0.39 is 0 Å². The van der Waals surface area contributed by atoms with Gasteiger partial charge in [0, 0.05) is 37.8 Å². The van der Waals surface area contributed by atoms with Gasteiger partial charge in [-0.15, -0.1) is 0 Å². The van der Waals surface area contributed by atoms with Crippen LogP contribution in [0.1, 0.15) is 43.0 Å². The molecule has 0 atom stereocenters. The minimum Gasteiger partial charge on any atom is -0.373 e. The van der Waals surface area contributed by atoms with Crippen molar-refractivity contribution in [2.75, 3.05) is 12.4 Å². The Bertz CT molecular complexity index is 549. The third kappa shape index (κ3) is 3.76. The van der Waals surface area contributed by atoms with E-state index in [0.717, 1.165) is 48.7 Å². The maximum absolute atomic E-state index is 4.62. The van der Waals surface area contributed by atoms with Gasteiger partial charge in [-0.25, -0.2) is 9.97 Å². The van der Waals surface area contributed by atoms with E-state index in [2.05, 4.69) is 46.2 Å². The predicted molar refractivity (Wildman–Crippen MR) is 82.0 cm³/mol. The van der Waals surface area contributed by atoms with Crippen molar-refractivity contribution in [2.24, 2.45) is 0 Å². The Labute approximate surface area is 120 Å². The van der Waals surface area contributed by atoms with Crippen molar-refractivity contribution in [2.45, 2.75) is 39.5 Å². The number of nitrogens with zero attached hydrogens (tertiary/aromatic N) is 3. The molecule has 0 saturated carbocycles. The minimum absolute atomic E-state index is 0.748. The molecule has 0 bridgehead atoms. The molecule has 4 heteroatoms. The fourth-order valence-corrected chi connectivity index (χ4v) is 2.06. The number of aromatic nitrogens is 3. The number of hydrogen-bond acceptors (Lipinski definition) is 4.